The first kappa shape index (κ1) is 27.9. The lowest BCUT2D eigenvalue weighted by Gasteiger charge is -2.26. The number of para-hydroxylation sites is 2. The third kappa shape index (κ3) is 4.62. The van der Waals surface area contributed by atoms with Crippen molar-refractivity contribution in [2.24, 2.45) is 0 Å². The fourth-order valence-corrected chi connectivity index (χ4v) is 8.58. The van der Waals surface area contributed by atoms with Crippen LogP contribution in [-0.2, 0) is 0 Å². The highest BCUT2D eigenvalue weighted by atomic mass is 32.1. The van der Waals surface area contributed by atoms with Crippen molar-refractivity contribution in [2.45, 2.75) is 0 Å². The molecule has 0 saturated carbocycles. The summed E-state index contributed by atoms with van der Waals surface area (Å²) in [5.74, 6) is 0. The maximum absolute atomic E-state index is 2.44. The number of anilines is 3. The largest absolute Gasteiger partial charge is 0.310 e. The minimum atomic E-state index is 1.10. The molecule has 0 aliphatic carbocycles. The van der Waals surface area contributed by atoms with Gasteiger partial charge in [-0.15, -0.1) is 11.3 Å². The van der Waals surface area contributed by atoms with Crippen LogP contribution in [0, 0.1) is 0 Å². The maximum atomic E-state index is 2.44. The Bertz CT molecular complexity index is 2840. The van der Waals surface area contributed by atoms with Gasteiger partial charge < -0.3 is 9.47 Å². The minimum absolute atomic E-state index is 1.10. The number of hydrogen-bond donors (Lipinski definition) is 0. The molecule has 3 heteroatoms. The van der Waals surface area contributed by atoms with Crippen molar-refractivity contribution in [3.05, 3.63) is 182 Å². The molecule has 0 saturated heterocycles. The van der Waals surface area contributed by atoms with E-state index >= 15 is 0 Å². The van der Waals surface area contributed by atoms with Crippen molar-refractivity contribution in [3.63, 3.8) is 0 Å². The molecule has 0 spiro atoms. The van der Waals surface area contributed by atoms with Crippen LogP contribution in [0.2, 0.25) is 0 Å². The van der Waals surface area contributed by atoms with E-state index in [2.05, 4.69) is 191 Å². The summed E-state index contributed by atoms with van der Waals surface area (Å²) in [5, 5.41) is 7.70. The summed E-state index contributed by atoms with van der Waals surface area (Å²) in [6, 6.07) is 66.2. The molecule has 0 radical (unpaired) electrons. The number of aromatic nitrogens is 1. The minimum Gasteiger partial charge on any atom is -0.310 e. The predicted molar refractivity (Wildman–Crippen MR) is 211 cm³/mol. The molecule has 230 valence electrons. The van der Waals surface area contributed by atoms with Crippen molar-refractivity contribution in [3.8, 4) is 16.8 Å². The summed E-state index contributed by atoms with van der Waals surface area (Å²) in [4.78, 5) is 2.37. The second kappa shape index (κ2) is 11.2. The quantitative estimate of drug-likeness (QED) is 0.181. The van der Waals surface area contributed by atoms with Gasteiger partial charge in [0.15, 0.2) is 0 Å². The molecule has 0 bridgehead atoms. The molecular weight excluding hydrogens is 613 g/mol. The van der Waals surface area contributed by atoms with Gasteiger partial charge in [0.05, 0.1) is 11.0 Å². The summed E-state index contributed by atoms with van der Waals surface area (Å²) in [5.41, 5.74) is 9.30. The zero-order valence-electron chi connectivity index (χ0n) is 26.6. The summed E-state index contributed by atoms with van der Waals surface area (Å²) in [7, 11) is 0. The average molecular weight is 643 g/mol. The Balaban J connectivity index is 1.16. The first-order valence-electron chi connectivity index (χ1n) is 16.7. The Kier molecular flexibility index (Phi) is 6.39. The molecule has 0 aliphatic rings. The van der Waals surface area contributed by atoms with Crippen LogP contribution in [0.25, 0.3) is 69.6 Å². The molecule has 2 aromatic heterocycles. The molecule has 10 aromatic rings. The van der Waals surface area contributed by atoms with Gasteiger partial charge >= 0.3 is 0 Å². The van der Waals surface area contributed by atoms with Gasteiger partial charge in [-0.25, -0.2) is 0 Å². The molecule has 0 N–H and O–H groups in total. The molecule has 0 aliphatic heterocycles. The smallest absolute Gasteiger partial charge is 0.0555 e. The van der Waals surface area contributed by atoms with Crippen LogP contribution >= 0.6 is 11.3 Å². The topological polar surface area (TPSA) is 8.17 Å². The van der Waals surface area contributed by atoms with Crippen molar-refractivity contribution in [2.75, 3.05) is 4.90 Å². The van der Waals surface area contributed by atoms with E-state index in [-0.39, 0.29) is 0 Å². The highest BCUT2D eigenvalue weighted by molar-refractivity contribution is 7.25. The Morgan fingerprint density at radius 1 is 0.367 bits per heavy atom. The molecule has 0 amide bonds. The Morgan fingerprint density at radius 3 is 1.96 bits per heavy atom. The Hall–Kier alpha value is -6.16. The zero-order chi connectivity index (χ0) is 32.3. The van der Waals surface area contributed by atoms with Gasteiger partial charge in [-0.05, 0) is 94.7 Å². The van der Waals surface area contributed by atoms with Crippen LogP contribution in [0.15, 0.2) is 182 Å². The normalized spacial score (nSPS) is 11.7. The van der Waals surface area contributed by atoms with E-state index in [0.29, 0.717) is 0 Å². The van der Waals surface area contributed by atoms with E-state index < -0.39 is 0 Å². The second-order valence-corrected chi connectivity index (χ2v) is 13.7. The number of benzene rings is 8. The maximum Gasteiger partial charge on any atom is 0.0555 e. The van der Waals surface area contributed by atoms with Gasteiger partial charge in [0.25, 0.3) is 0 Å². The lowest BCUT2D eigenvalue weighted by molar-refractivity contribution is 1.17. The third-order valence-corrected chi connectivity index (χ3v) is 10.9. The van der Waals surface area contributed by atoms with Gasteiger partial charge in [0.1, 0.15) is 0 Å². The molecule has 0 atom stereocenters. The van der Waals surface area contributed by atoms with E-state index in [9.17, 15) is 0 Å². The van der Waals surface area contributed by atoms with Gasteiger partial charge in [-0.1, -0.05) is 109 Å². The summed E-state index contributed by atoms with van der Waals surface area (Å²) < 4.78 is 5.07. The van der Waals surface area contributed by atoms with Gasteiger partial charge in [-0.3, -0.25) is 0 Å². The number of nitrogens with zero attached hydrogens (tertiary/aromatic N) is 2. The van der Waals surface area contributed by atoms with Crippen LogP contribution in [0.4, 0.5) is 17.1 Å². The van der Waals surface area contributed by atoms with Crippen molar-refractivity contribution < 1.29 is 0 Å². The van der Waals surface area contributed by atoms with Crippen molar-refractivity contribution in [1.29, 1.82) is 0 Å². The number of fused-ring (bicyclic) bond motifs is 7. The predicted octanol–water partition coefficient (Wildman–Crippen LogP) is 13.4. The molecule has 2 heterocycles. The standard InChI is InChI=1S/C46H30N2S/c1-2-15-35(16-3-1)47(36-17-10-14-33(27-36)34-25-24-31-12-4-5-13-32(31)26-34)37-18-11-19-38(28-37)48-43-22-8-6-20-39(43)41-29-42-40-21-7-9-23-45(40)49-46(42)30-44(41)48/h1-30H. The second-order valence-electron chi connectivity index (χ2n) is 12.6. The van der Waals surface area contributed by atoms with Crippen LogP contribution < -0.4 is 4.90 Å². The van der Waals surface area contributed by atoms with Crippen molar-refractivity contribution in [1.82, 2.24) is 4.57 Å². The monoisotopic (exact) mass is 642 g/mol. The lowest BCUT2D eigenvalue weighted by atomic mass is 10.0. The summed E-state index contributed by atoms with van der Waals surface area (Å²) in [6.07, 6.45) is 0. The highest BCUT2D eigenvalue weighted by Crippen LogP contribution is 2.42. The molecule has 2 nitrogen and oxygen atoms in total. The molecule has 10 rings (SSSR count). The van der Waals surface area contributed by atoms with Crippen LogP contribution in [0.1, 0.15) is 0 Å². The fraction of sp³-hybridized carbons (Fsp3) is 0. The first-order valence-corrected chi connectivity index (χ1v) is 17.5. The molecule has 0 fully saturated rings. The zero-order valence-corrected chi connectivity index (χ0v) is 27.4. The number of hydrogen-bond acceptors (Lipinski definition) is 2. The van der Waals surface area contributed by atoms with E-state index in [1.54, 1.807) is 0 Å². The number of thiophene rings is 1. The van der Waals surface area contributed by atoms with E-state index in [4.69, 9.17) is 0 Å². The van der Waals surface area contributed by atoms with Gasteiger partial charge in [0.2, 0.25) is 0 Å². The van der Waals surface area contributed by atoms with Crippen LogP contribution in [0.5, 0.6) is 0 Å². The Labute approximate surface area is 288 Å². The average Bonchev–Trinajstić information content (AvgIpc) is 3.69. The first-order chi connectivity index (χ1) is 24.3. The summed E-state index contributed by atoms with van der Waals surface area (Å²) >= 11 is 1.87. The lowest BCUT2D eigenvalue weighted by Crippen LogP contribution is -2.10. The van der Waals surface area contributed by atoms with Crippen LogP contribution in [0.3, 0.4) is 0 Å². The third-order valence-electron chi connectivity index (χ3n) is 9.72. The fourth-order valence-electron chi connectivity index (χ4n) is 7.45. The van der Waals surface area contributed by atoms with Gasteiger partial charge in [0, 0.05) is 53.7 Å². The van der Waals surface area contributed by atoms with E-state index in [0.717, 1.165) is 22.7 Å². The van der Waals surface area contributed by atoms with Gasteiger partial charge in [-0.2, -0.15) is 0 Å². The SMILES string of the molecule is c1ccc(N(c2cccc(-c3ccc4ccccc4c3)c2)c2cccc(-n3c4ccccc4c4cc5c(cc43)sc3ccccc35)c2)cc1. The van der Waals surface area contributed by atoms with E-state index in [1.165, 1.54) is 63.9 Å². The number of rotatable bonds is 5. The molecular formula is C46H30N2S. The summed E-state index contributed by atoms with van der Waals surface area (Å²) in [6.45, 7) is 0. The van der Waals surface area contributed by atoms with E-state index in [1.807, 2.05) is 11.3 Å². The van der Waals surface area contributed by atoms with Crippen molar-refractivity contribution >= 4 is 81.1 Å². The molecule has 49 heavy (non-hydrogen) atoms. The van der Waals surface area contributed by atoms with Crippen LogP contribution in [-0.4, -0.2) is 4.57 Å². The molecule has 8 aromatic carbocycles. The Morgan fingerprint density at radius 2 is 1.06 bits per heavy atom. The highest BCUT2D eigenvalue weighted by Gasteiger charge is 2.18. The molecule has 0 unspecified atom stereocenters.